The van der Waals surface area contributed by atoms with Gasteiger partial charge in [-0.1, -0.05) is 66.3 Å². The van der Waals surface area contributed by atoms with Crippen LogP contribution in [-0.4, -0.2) is 35.5 Å². The Bertz CT molecular complexity index is 1220. The van der Waals surface area contributed by atoms with Gasteiger partial charge in [-0.3, -0.25) is 4.90 Å². The molecule has 1 atom stereocenters. The Morgan fingerprint density at radius 3 is 2.56 bits per heavy atom. The number of aromatic nitrogens is 1. The number of thiocarbonyl (C=S) groups is 1. The molecule has 176 valence electrons. The SMILES string of the molecule is CCNC=S.CN1CCc2c([nH]c3ccc(Cl)cc23)C1c1ccc(OCc2ccccc2)cc1. The third-order valence-corrected chi connectivity index (χ3v) is 6.46. The molecule has 6 heteroatoms. The van der Waals surface area contributed by atoms with E-state index in [9.17, 15) is 0 Å². The summed E-state index contributed by atoms with van der Waals surface area (Å²) in [5.74, 6) is 0.889. The van der Waals surface area contributed by atoms with Crippen molar-refractivity contribution in [1.29, 1.82) is 0 Å². The zero-order valence-corrected chi connectivity index (χ0v) is 21.1. The highest BCUT2D eigenvalue weighted by atomic mass is 35.5. The highest BCUT2D eigenvalue weighted by molar-refractivity contribution is 7.78. The molecule has 1 unspecified atom stereocenters. The first-order valence-corrected chi connectivity index (χ1v) is 12.4. The van der Waals surface area contributed by atoms with Crippen LogP contribution in [0, 0.1) is 0 Å². The molecular weight excluding hydrogens is 462 g/mol. The van der Waals surface area contributed by atoms with Crippen LogP contribution in [0.15, 0.2) is 72.8 Å². The number of benzene rings is 3. The largest absolute Gasteiger partial charge is 0.489 e. The third-order valence-electron chi connectivity index (χ3n) is 6.06. The minimum Gasteiger partial charge on any atom is -0.489 e. The van der Waals surface area contributed by atoms with Crippen molar-refractivity contribution in [2.45, 2.75) is 26.0 Å². The van der Waals surface area contributed by atoms with Gasteiger partial charge >= 0.3 is 0 Å². The first kappa shape index (κ1) is 24.3. The molecule has 0 saturated carbocycles. The maximum absolute atomic E-state index is 6.25. The van der Waals surface area contributed by atoms with Gasteiger partial charge in [-0.15, -0.1) is 0 Å². The van der Waals surface area contributed by atoms with Crippen molar-refractivity contribution >= 4 is 40.2 Å². The smallest absolute Gasteiger partial charge is 0.119 e. The van der Waals surface area contributed by atoms with Gasteiger partial charge < -0.3 is 15.0 Å². The molecule has 0 aliphatic carbocycles. The first-order valence-electron chi connectivity index (χ1n) is 11.5. The van der Waals surface area contributed by atoms with Crippen LogP contribution in [0.1, 0.15) is 35.3 Å². The Labute approximate surface area is 211 Å². The summed E-state index contributed by atoms with van der Waals surface area (Å²) in [5.41, 5.74) is 7.76. The lowest BCUT2D eigenvalue weighted by molar-refractivity contribution is 0.261. The predicted octanol–water partition coefficient (Wildman–Crippen LogP) is 6.53. The summed E-state index contributed by atoms with van der Waals surface area (Å²) in [4.78, 5) is 6.05. The molecule has 1 aliphatic rings. The number of H-pyrrole nitrogens is 1. The molecule has 0 fully saturated rings. The van der Waals surface area contributed by atoms with E-state index in [1.807, 2.05) is 31.2 Å². The van der Waals surface area contributed by atoms with Crippen molar-refractivity contribution in [2.75, 3.05) is 20.1 Å². The number of likely N-dealkylation sites (N-methyl/N-ethyl adjacent to an activating group) is 1. The van der Waals surface area contributed by atoms with Gasteiger partial charge in [0.1, 0.15) is 12.4 Å². The zero-order valence-electron chi connectivity index (χ0n) is 19.6. The molecule has 2 N–H and O–H groups in total. The summed E-state index contributed by atoms with van der Waals surface area (Å²) < 4.78 is 5.96. The number of nitrogens with one attached hydrogen (secondary N) is 2. The van der Waals surface area contributed by atoms with E-state index in [0.29, 0.717) is 6.61 Å². The first-order chi connectivity index (χ1) is 16.6. The number of halogens is 1. The standard InChI is InChI=1S/C25H23ClN2O.C3H7NS/c1-28-14-13-21-22-15-19(26)9-12-23(22)27-24(21)25(28)18-7-10-20(11-8-18)29-16-17-5-3-2-4-6-17;1-2-4-3-5/h2-12,15,25,27H,13-14,16H2,1H3;3H,2H2,1H3,(H,4,5). The fraction of sp³-hybridized carbons (Fsp3) is 0.250. The van der Waals surface area contributed by atoms with Gasteiger partial charge in [0.05, 0.1) is 11.5 Å². The van der Waals surface area contributed by atoms with Crippen LogP contribution in [0.25, 0.3) is 10.9 Å². The van der Waals surface area contributed by atoms with Crippen molar-refractivity contribution < 1.29 is 4.74 Å². The molecule has 4 aromatic rings. The van der Waals surface area contributed by atoms with E-state index in [1.165, 1.54) is 33.3 Å². The monoisotopic (exact) mass is 491 g/mol. The van der Waals surface area contributed by atoms with Crippen LogP contribution >= 0.6 is 23.8 Å². The molecule has 1 aliphatic heterocycles. The summed E-state index contributed by atoms with van der Waals surface area (Å²) >= 11 is 10.7. The Balaban J connectivity index is 0.000000499. The second kappa shape index (κ2) is 11.5. The van der Waals surface area contributed by atoms with Gasteiger partial charge in [-0.05, 0) is 67.4 Å². The van der Waals surface area contributed by atoms with Crippen LogP contribution in [0.2, 0.25) is 5.02 Å². The van der Waals surface area contributed by atoms with Crippen molar-refractivity contribution in [2.24, 2.45) is 0 Å². The van der Waals surface area contributed by atoms with Gasteiger partial charge in [0.2, 0.25) is 0 Å². The lowest BCUT2D eigenvalue weighted by Crippen LogP contribution is -2.32. The predicted molar refractivity (Wildman–Crippen MR) is 146 cm³/mol. The van der Waals surface area contributed by atoms with Gasteiger partial charge in [0.25, 0.3) is 0 Å². The van der Waals surface area contributed by atoms with E-state index in [1.54, 1.807) is 0 Å². The molecule has 0 bridgehead atoms. The van der Waals surface area contributed by atoms with E-state index >= 15 is 0 Å². The molecule has 0 amide bonds. The number of hydrogen-bond acceptors (Lipinski definition) is 3. The van der Waals surface area contributed by atoms with Gasteiger partial charge in [0.15, 0.2) is 0 Å². The zero-order chi connectivity index (χ0) is 23.9. The van der Waals surface area contributed by atoms with Gasteiger partial charge in [0, 0.05) is 34.7 Å². The summed E-state index contributed by atoms with van der Waals surface area (Å²) in [6.07, 6.45) is 1.03. The van der Waals surface area contributed by atoms with E-state index in [2.05, 4.69) is 83.0 Å². The average Bonchev–Trinajstić information content (AvgIpc) is 3.22. The molecule has 34 heavy (non-hydrogen) atoms. The van der Waals surface area contributed by atoms with E-state index < -0.39 is 0 Å². The number of ether oxygens (including phenoxy) is 1. The molecule has 0 radical (unpaired) electrons. The molecule has 5 rings (SSSR count). The molecule has 2 heterocycles. The van der Waals surface area contributed by atoms with Gasteiger partial charge in [-0.2, -0.15) is 0 Å². The molecule has 0 spiro atoms. The molecule has 1 aromatic heterocycles. The molecular formula is C28H30ClN3OS. The Morgan fingerprint density at radius 1 is 1.12 bits per heavy atom. The maximum Gasteiger partial charge on any atom is 0.119 e. The molecule has 3 aromatic carbocycles. The van der Waals surface area contributed by atoms with Crippen LogP contribution in [0.3, 0.4) is 0 Å². The van der Waals surface area contributed by atoms with E-state index in [-0.39, 0.29) is 6.04 Å². The lowest BCUT2D eigenvalue weighted by Gasteiger charge is -2.33. The summed E-state index contributed by atoms with van der Waals surface area (Å²) in [7, 11) is 2.19. The fourth-order valence-electron chi connectivity index (χ4n) is 4.37. The Hall–Kier alpha value is -2.86. The van der Waals surface area contributed by atoms with Crippen molar-refractivity contribution in [3.8, 4) is 5.75 Å². The van der Waals surface area contributed by atoms with Crippen molar-refractivity contribution in [1.82, 2.24) is 15.2 Å². The second-order valence-corrected chi connectivity index (χ2v) is 9.03. The summed E-state index contributed by atoms with van der Waals surface area (Å²) in [5, 5.41) is 4.83. The Kier molecular flexibility index (Phi) is 8.22. The van der Waals surface area contributed by atoms with Crippen LogP contribution in [0.4, 0.5) is 0 Å². The maximum atomic E-state index is 6.25. The number of rotatable bonds is 6. The molecule has 4 nitrogen and oxygen atoms in total. The molecule has 0 saturated heterocycles. The summed E-state index contributed by atoms with van der Waals surface area (Å²) in [6, 6.07) is 25.0. The number of fused-ring (bicyclic) bond motifs is 3. The minimum atomic E-state index is 0.202. The fourth-order valence-corrected chi connectivity index (χ4v) is 4.71. The Morgan fingerprint density at radius 2 is 1.88 bits per heavy atom. The highest BCUT2D eigenvalue weighted by Gasteiger charge is 2.29. The van der Waals surface area contributed by atoms with Crippen LogP contribution in [-0.2, 0) is 13.0 Å². The lowest BCUT2D eigenvalue weighted by atomic mass is 9.93. The summed E-state index contributed by atoms with van der Waals surface area (Å²) in [6.45, 7) is 4.53. The second-order valence-electron chi connectivity index (χ2n) is 8.36. The number of aromatic amines is 1. The highest BCUT2D eigenvalue weighted by Crippen LogP contribution is 2.38. The van der Waals surface area contributed by atoms with Crippen LogP contribution < -0.4 is 10.1 Å². The van der Waals surface area contributed by atoms with Gasteiger partial charge in [-0.25, -0.2) is 0 Å². The van der Waals surface area contributed by atoms with E-state index in [4.69, 9.17) is 16.3 Å². The topological polar surface area (TPSA) is 40.3 Å². The third kappa shape index (κ3) is 5.61. The number of nitrogens with zero attached hydrogens (tertiary/aromatic N) is 1. The number of hydrogen-bond donors (Lipinski definition) is 2. The quantitative estimate of drug-likeness (QED) is 0.301. The van der Waals surface area contributed by atoms with Crippen LogP contribution in [0.5, 0.6) is 5.75 Å². The van der Waals surface area contributed by atoms with Crippen molar-refractivity contribution in [3.05, 3.63) is 100 Å². The minimum absolute atomic E-state index is 0.202. The normalized spacial score (nSPS) is 15.2. The van der Waals surface area contributed by atoms with E-state index in [0.717, 1.165) is 35.8 Å². The van der Waals surface area contributed by atoms with Crippen molar-refractivity contribution in [3.63, 3.8) is 0 Å². The average molecular weight is 492 g/mol.